The van der Waals surface area contributed by atoms with E-state index in [1.54, 1.807) is 0 Å². The second kappa shape index (κ2) is 4.02. The van der Waals surface area contributed by atoms with Crippen molar-refractivity contribution in [3.05, 3.63) is 25.5 Å². The first-order valence-corrected chi connectivity index (χ1v) is 4.65. The Bertz CT molecular complexity index is 306. The maximum Gasteiger partial charge on any atom is 0.281 e. The molecule has 0 aliphatic heterocycles. The van der Waals surface area contributed by atoms with Crippen LogP contribution in [0.15, 0.2) is 6.20 Å². The van der Waals surface area contributed by atoms with Crippen LogP contribution >= 0.6 is 45.8 Å². The highest BCUT2D eigenvalue weighted by Gasteiger charge is 2.17. The van der Waals surface area contributed by atoms with Crippen molar-refractivity contribution < 1.29 is 8.78 Å². The van der Waals surface area contributed by atoms with Gasteiger partial charge in [0, 0.05) is 6.20 Å². The van der Waals surface area contributed by atoms with E-state index in [0.717, 1.165) is 0 Å². The van der Waals surface area contributed by atoms with E-state index in [9.17, 15) is 8.78 Å². The van der Waals surface area contributed by atoms with Crippen molar-refractivity contribution in [3.63, 3.8) is 0 Å². The van der Waals surface area contributed by atoms with Gasteiger partial charge in [0.25, 0.3) is 6.43 Å². The zero-order chi connectivity index (χ0) is 9.30. The minimum atomic E-state index is -2.69. The van der Waals surface area contributed by atoms with E-state index in [2.05, 4.69) is 4.98 Å². The van der Waals surface area contributed by atoms with E-state index in [1.165, 1.54) is 6.20 Å². The Morgan fingerprint density at radius 3 is 2.42 bits per heavy atom. The summed E-state index contributed by atoms with van der Waals surface area (Å²) in [5, 5.41) is -0.0406. The molecule has 0 aromatic carbocycles. The van der Waals surface area contributed by atoms with Crippen molar-refractivity contribution in [2.75, 3.05) is 0 Å². The van der Waals surface area contributed by atoms with Crippen LogP contribution in [-0.2, 0) is 0 Å². The summed E-state index contributed by atoms with van der Waals surface area (Å²) in [6.07, 6.45) is -1.43. The Balaban J connectivity index is 3.27. The van der Waals surface area contributed by atoms with Gasteiger partial charge in [0.15, 0.2) is 0 Å². The fourth-order valence-electron chi connectivity index (χ4n) is 0.609. The summed E-state index contributed by atoms with van der Waals surface area (Å²) in [6.45, 7) is 0. The van der Waals surface area contributed by atoms with Crippen molar-refractivity contribution in [3.8, 4) is 0 Å². The zero-order valence-corrected chi connectivity index (χ0v) is 9.16. The summed E-state index contributed by atoms with van der Waals surface area (Å²) in [6, 6.07) is 0. The molecule has 0 radical (unpaired) electrons. The number of pyridine rings is 1. The molecule has 6 heteroatoms. The van der Waals surface area contributed by atoms with E-state index in [-0.39, 0.29) is 10.0 Å². The van der Waals surface area contributed by atoms with Gasteiger partial charge in [-0.3, -0.25) is 4.98 Å². The van der Waals surface area contributed by atoms with Gasteiger partial charge in [0.2, 0.25) is 0 Å². The lowest BCUT2D eigenvalue weighted by molar-refractivity contribution is 0.146. The lowest BCUT2D eigenvalue weighted by atomic mass is 10.3. The molecule has 0 N–H and O–H groups in total. The fraction of sp³-hybridized carbons (Fsp3) is 0.167. The normalized spacial score (nSPS) is 10.8. The smallest absolute Gasteiger partial charge is 0.252 e. The third-order valence-electron chi connectivity index (χ3n) is 1.15. The SMILES string of the molecule is FC(F)c1ncc(I)c(Cl)c1Cl. The Hall–Kier alpha value is 0.320. The average Bonchev–Trinajstić information content (AvgIpc) is 2.00. The molecule has 1 heterocycles. The standard InChI is InChI=1S/C6H2Cl2F2IN/c7-3-2(11)1-12-5(4(3)8)6(9)10/h1,6H. The highest BCUT2D eigenvalue weighted by molar-refractivity contribution is 14.1. The molecular formula is C6H2Cl2F2IN. The summed E-state index contributed by atoms with van der Waals surface area (Å²) in [5.41, 5.74) is -0.470. The van der Waals surface area contributed by atoms with Gasteiger partial charge in [-0.25, -0.2) is 8.78 Å². The van der Waals surface area contributed by atoms with Gasteiger partial charge in [0.1, 0.15) is 5.69 Å². The van der Waals surface area contributed by atoms with Crippen molar-refractivity contribution in [1.29, 1.82) is 0 Å². The largest absolute Gasteiger partial charge is 0.281 e. The number of aromatic nitrogens is 1. The number of nitrogens with zero attached hydrogens (tertiary/aromatic N) is 1. The topological polar surface area (TPSA) is 12.9 Å². The molecule has 1 rings (SSSR count). The van der Waals surface area contributed by atoms with Crippen LogP contribution in [0.5, 0.6) is 0 Å². The van der Waals surface area contributed by atoms with Gasteiger partial charge in [0.05, 0.1) is 13.6 Å². The third-order valence-corrected chi connectivity index (χ3v) is 3.16. The van der Waals surface area contributed by atoms with Crippen LogP contribution in [0.2, 0.25) is 10.0 Å². The number of alkyl halides is 2. The van der Waals surface area contributed by atoms with Gasteiger partial charge in [-0.15, -0.1) is 0 Å². The van der Waals surface area contributed by atoms with E-state index < -0.39 is 12.1 Å². The summed E-state index contributed by atoms with van der Waals surface area (Å²) < 4.78 is 24.8. The highest BCUT2D eigenvalue weighted by Crippen LogP contribution is 2.33. The molecule has 0 fully saturated rings. The summed E-state index contributed by atoms with van der Waals surface area (Å²) >= 11 is 13.0. The van der Waals surface area contributed by atoms with Gasteiger partial charge < -0.3 is 0 Å². The Labute approximate surface area is 91.2 Å². The maximum atomic E-state index is 12.1. The van der Waals surface area contributed by atoms with Crippen LogP contribution in [0.1, 0.15) is 12.1 Å². The van der Waals surface area contributed by atoms with E-state index in [1.807, 2.05) is 22.6 Å². The predicted octanol–water partition coefficient (Wildman–Crippen LogP) is 3.93. The van der Waals surface area contributed by atoms with E-state index in [4.69, 9.17) is 23.2 Å². The third kappa shape index (κ3) is 1.97. The number of halogens is 5. The van der Waals surface area contributed by atoms with Crippen molar-refractivity contribution in [2.24, 2.45) is 0 Å². The lowest BCUT2D eigenvalue weighted by Crippen LogP contribution is -1.93. The highest BCUT2D eigenvalue weighted by atomic mass is 127. The van der Waals surface area contributed by atoms with Crippen LogP contribution in [0.4, 0.5) is 8.78 Å². The summed E-state index contributed by atoms with van der Waals surface area (Å²) in [5.74, 6) is 0. The lowest BCUT2D eigenvalue weighted by Gasteiger charge is -2.04. The van der Waals surface area contributed by atoms with Gasteiger partial charge in [-0.2, -0.15) is 0 Å². The molecule has 0 spiro atoms. The molecule has 0 saturated carbocycles. The van der Waals surface area contributed by atoms with E-state index in [0.29, 0.717) is 3.57 Å². The molecule has 0 aliphatic carbocycles. The second-order valence-corrected chi connectivity index (χ2v) is 3.84. The van der Waals surface area contributed by atoms with Crippen molar-refractivity contribution >= 4 is 45.8 Å². The molecule has 12 heavy (non-hydrogen) atoms. The Morgan fingerprint density at radius 1 is 1.33 bits per heavy atom. The molecular weight excluding hydrogens is 322 g/mol. The van der Waals surface area contributed by atoms with Crippen LogP contribution in [0, 0.1) is 3.57 Å². The Morgan fingerprint density at radius 2 is 1.92 bits per heavy atom. The maximum absolute atomic E-state index is 12.1. The fourth-order valence-corrected chi connectivity index (χ4v) is 1.56. The zero-order valence-electron chi connectivity index (χ0n) is 5.49. The van der Waals surface area contributed by atoms with Crippen LogP contribution < -0.4 is 0 Å². The quantitative estimate of drug-likeness (QED) is 0.714. The molecule has 0 saturated heterocycles. The molecule has 1 aromatic rings. The van der Waals surface area contributed by atoms with Crippen molar-refractivity contribution in [1.82, 2.24) is 4.98 Å². The van der Waals surface area contributed by atoms with Gasteiger partial charge >= 0.3 is 0 Å². The minimum absolute atomic E-state index is 0.127. The molecule has 1 aromatic heterocycles. The molecule has 66 valence electrons. The summed E-state index contributed by atoms with van der Waals surface area (Å²) in [4.78, 5) is 3.46. The molecule has 0 unspecified atom stereocenters. The molecule has 0 bridgehead atoms. The number of hydrogen-bond acceptors (Lipinski definition) is 1. The van der Waals surface area contributed by atoms with Gasteiger partial charge in [-0.05, 0) is 22.6 Å². The molecule has 0 aliphatic rings. The first-order valence-electron chi connectivity index (χ1n) is 2.81. The molecule has 0 atom stereocenters. The minimum Gasteiger partial charge on any atom is -0.252 e. The monoisotopic (exact) mass is 323 g/mol. The predicted molar refractivity (Wildman–Crippen MR) is 51.9 cm³/mol. The van der Waals surface area contributed by atoms with Crippen LogP contribution in [0.25, 0.3) is 0 Å². The van der Waals surface area contributed by atoms with Crippen LogP contribution in [0.3, 0.4) is 0 Å². The van der Waals surface area contributed by atoms with Gasteiger partial charge in [-0.1, -0.05) is 23.2 Å². The first kappa shape index (κ1) is 10.4. The molecule has 1 nitrogen and oxygen atoms in total. The molecule has 0 amide bonds. The first-order chi connectivity index (χ1) is 5.54. The van der Waals surface area contributed by atoms with Crippen LogP contribution in [-0.4, -0.2) is 4.98 Å². The second-order valence-electron chi connectivity index (χ2n) is 1.92. The Kier molecular flexibility index (Phi) is 3.48. The number of rotatable bonds is 1. The van der Waals surface area contributed by atoms with E-state index >= 15 is 0 Å². The van der Waals surface area contributed by atoms with Crippen molar-refractivity contribution in [2.45, 2.75) is 6.43 Å². The average molecular weight is 324 g/mol. The number of hydrogen-bond donors (Lipinski definition) is 0. The summed E-state index contributed by atoms with van der Waals surface area (Å²) in [7, 11) is 0.